The van der Waals surface area contributed by atoms with Crippen LogP contribution in [0.15, 0.2) is 54.7 Å². The van der Waals surface area contributed by atoms with E-state index in [0.717, 1.165) is 0 Å². The van der Waals surface area contributed by atoms with Gasteiger partial charge in [-0.3, -0.25) is 4.98 Å². The van der Waals surface area contributed by atoms with Crippen molar-refractivity contribution in [2.24, 2.45) is 0 Å². The van der Waals surface area contributed by atoms with Gasteiger partial charge in [0.2, 0.25) is 0 Å². The van der Waals surface area contributed by atoms with Gasteiger partial charge in [-0.15, -0.1) is 0 Å². The Labute approximate surface area is 123 Å². The molecule has 0 radical (unpaired) electrons. The van der Waals surface area contributed by atoms with Crippen molar-refractivity contribution >= 4 is 0 Å². The van der Waals surface area contributed by atoms with Gasteiger partial charge in [0.25, 0.3) is 0 Å². The number of pyridine rings is 1. The maximum Gasteiger partial charge on any atom is 0.198 e. The second-order valence-corrected chi connectivity index (χ2v) is 4.61. The fourth-order valence-electron chi connectivity index (χ4n) is 2.22. The van der Waals surface area contributed by atoms with Gasteiger partial charge in [0.05, 0.1) is 5.69 Å². The minimum atomic E-state index is -1.85. The Kier molecular flexibility index (Phi) is 3.63. The second-order valence-electron chi connectivity index (χ2n) is 4.61. The van der Waals surface area contributed by atoms with Crippen molar-refractivity contribution in [1.82, 2.24) is 4.98 Å². The lowest BCUT2D eigenvalue weighted by molar-refractivity contribution is 0.410. The molecule has 110 valence electrons. The lowest BCUT2D eigenvalue weighted by Crippen LogP contribution is -2.00. The monoisotopic (exact) mass is 303 g/mol. The van der Waals surface area contributed by atoms with E-state index in [1.165, 1.54) is 6.20 Å². The Bertz CT molecular complexity index is 832. The molecule has 1 nitrogen and oxygen atoms in total. The lowest BCUT2D eigenvalue weighted by Gasteiger charge is -2.10. The Morgan fingerprint density at radius 2 is 1.41 bits per heavy atom. The van der Waals surface area contributed by atoms with E-state index < -0.39 is 28.8 Å². The van der Waals surface area contributed by atoms with Gasteiger partial charge in [0.1, 0.15) is 0 Å². The Morgan fingerprint density at radius 1 is 0.682 bits per heavy atom. The molecule has 0 unspecified atom stereocenters. The van der Waals surface area contributed by atoms with Crippen LogP contribution in [-0.2, 0) is 0 Å². The first kappa shape index (κ1) is 14.3. The summed E-state index contributed by atoms with van der Waals surface area (Å²) in [6.45, 7) is 0. The largest absolute Gasteiger partial charge is 0.255 e. The summed E-state index contributed by atoms with van der Waals surface area (Å²) in [7, 11) is 0. The molecule has 0 amide bonds. The fourth-order valence-corrected chi connectivity index (χ4v) is 2.22. The second kappa shape index (κ2) is 5.60. The molecule has 0 N–H and O–H groups in total. The zero-order valence-electron chi connectivity index (χ0n) is 11.2. The Hall–Kier alpha value is -2.69. The van der Waals surface area contributed by atoms with Crippen molar-refractivity contribution in [3.63, 3.8) is 0 Å². The van der Waals surface area contributed by atoms with E-state index in [1.807, 2.05) is 0 Å². The highest BCUT2D eigenvalue weighted by molar-refractivity contribution is 5.80. The van der Waals surface area contributed by atoms with Crippen molar-refractivity contribution in [3.05, 3.63) is 78.0 Å². The molecule has 0 fully saturated rings. The normalized spacial score (nSPS) is 10.7. The Morgan fingerprint density at radius 3 is 2.14 bits per heavy atom. The van der Waals surface area contributed by atoms with E-state index in [4.69, 9.17) is 0 Å². The summed E-state index contributed by atoms with van der Waals surface area (Å²) in [6, 6.07) is 12.8. The van der Waals surface area contributed by atoms with Crippen LogP contribution in [0, 0.1) is 23.3 Å². The van der Waals surface area contributed by atoms with E-state index in [9.17, 15) is 17.6 Å². The van der Waals surface area contributed by atoms with Gasteiger partial charge in [-0.25, -0.2) is 17.6 Å². The van der Waals surface area contributed by atoms with Crippen LogP contribution in [0.5, 0.6) is 0 Å². The first-order chi connectivity index (χ1) is 10.6. The quantitative estimate of drug-likeness (QED) is 0.370. The molecule has 0 spiro atoms. The van der Waals surface area contributed by atoms with E-state index in [2.05, 4.69) is 4.98 Å². The number of hydrogen-bond donors (Lipinski definition) is 0. The maximum atomic E-state index is 14.0. The fraction of sp³-hybridized carbons (Fsp3) is 0. The minimum Gasteiger partial charge on any atom is -0.255 e. The summed E-state index contributed by atoms with van der Waals surface area (Å²) in [5, 5.41) is 0. The van der Waals surface area contributed by atoms with Gasteiger partial charge in [-0.1, -0.05) is 36.4 Å². The molecule has 22 heavy (non-hydrogen) atoms. The van der Waals surface area contributed by atoms with Gasteiger partial charge in [-0.2, -0.15) is 0 Å². The summed E-state index contributed by atoms with van der Waals surface area (Å²) >= 11 is 0. The van der Waals surface area contributed by atoms with Crippen molar-refractivity contribution in [2.75, 3.05) is 0 Å². The topological polar surface area (TPSA) is 12.9 Å². The predicted molar refractivity (Wildman–Crippen MR) is 74.9 cm³/mol. The molecule has 0 saturated carbocycles. The average molecular weight is 303 g/mol. The molecule has 0 saturated heterocycles. The molecular formula is C17H9F4N. The first-order valence-corrected chi connectivity index (χ1v) is 6.43. The molecule has 1 aromatic heterocycles. The van der Waals surface area contributed by atoms with Gasteiger partial charge in [0.15, 0.2) is 23.3 Å². The summed E-state index contributed by atoms with van der Waals surface area (Å²) < 4.78 is 54.0. The maximum absolute atomic E-state index is 14.0. The molecule has 2 aromatic carbocycles. The molecule has 0 bridgehead atoms. The average Bonchev–Trinajstić information content (AvgIpc) is 2.57. The van der Waals surface area contributed by atoms with Crippen LogP contribution in [0.4, 0.5) is 17.6 Å². The standard InChI is InChI=1S/C17H9F4N/c18-13-9-12(14(19)16(21)15(13)20)17-11(7-4-8-22-17)10-5-2-1-3-6-10/h1-9H. The molecule has 1 heterocycles. The number of halogens is 4. The predicted octanol–water partition coefficient (Wildman–Crippen LogP) is 4.97. The summed E-state index contributed by atoms with van der Waals surface area (Å²) in [5.41, 5.74) is 0.822. The van der Waals surface area contributed by atoms with Crippen molar-refractivity contribution < 1.29 is 17.6 Å². The van der Waals surface area contributed by atoms with Crippen LogP contribution < -0.4 is 0 Å². The minimum absolute atomic E-state index is 0.0454. The van der Waals surface area contributed by atoms with Crippen LogP contribution in [0.3, 0.4) is 0 Å². The Balaban J connectivity index is 2.27. The molecule has 5 heteroatoms. The third-order valence-electron chi connectivity index (χ3n) is 3.25. The molecule has 3 rings (SSSR count). The van der Waals surface area contributed by atoms with E-state index in [1.54, 1.807) is 42.5 Å². The van der Waals surface area contributed by atoms with Gasteiger partial charge in [0, 0.05) is 17.3 Å². The van der Waals surface area contributed by atoms with E-state index in [-0.39, 0.29) is 5.69 Å². The van der Waals surface area contributed by atoms with E-state index >= 15 is 0 Å². The lowest BCUT2D eigenvalue weighted by atomic mass is 9.99. The number of aromatic nitrogens is 1. The third-order valence-corrected chi connectivity index (χ3v) is 3.25. The van der Waals surface area contributed by atoms with Crippen LogP contribution >= 0.6 is 0 Å². The van der Waals surface area contributed by atoms with Gasteiger partial charge < -0.3 is 0 Å². The highest BCUT2D eigenvalue weighted by Gasteiger charge is 2.22. The number of nitrogens with zero attached hydrogens (tertiary/aromatic N) is 1. The van der Waals surface area contributed by atoms with Crippen molar-refractivity contribution in [1.29, 1.82) is 0 Å². The van der Waals surface area contributed by atoms with Crippen molar-refractivity contribution in [3.8, 4) is 22.4 Å². The number of rotatable bonds is 2. The molecule has 0 aliphatic carbocycles. The summed E-state index contributed by atoms with van der Waals surface area (Å²) in [4.78, 5) is 4.00. The molecule has 0 aliphatic rings. The van der Waals surface area contributed by atoms with Crippen LogP contribution in [-0.4, -0.2) is 4.98 Å². The summed E-state index contributed by atoms with van der Waals surface area (Å²) in [6.07, 6.45) is 1.38. The molecule has 0 atom stereocenters. The summed E-state index contributed by atoms with van der Waals surface area (Å²) in [5.74, 6) is -6.61. The number of benzene rings is 2. The SMILES string of the molecule is Fc1cc(-c2ncccc2-c2ccccc2)c(F)c(F)c1F. The van der Waals surface area contributed by atoms with Crippen LogP contribution in [0.25, 0.3) is 22.4 Å². The third kappa shape index (κ3) is 2.35. The zero-order valence-corrected chi connectivity index (χ0v) is 11.2. The number of hydrogen-bond acceptors (Lipinski definition) is 1. The van der Waals surface area contributed by atoms with Gasteiger partial charge >= 0.3 is 0 Å². The van der Waals surface area contributed by atoms with Gasteiger partial charge in [-0.05, 0) is 17.7 Å². The highest BCUT2D eigenvalue weighted by atomic mass is 19.2. The zero-order chi connectivity index (χ0) is 15.7. The van der Waals surface area contributed by atoms with Crippen LogP contribution in [0.1, 0.15) is 0 Å². The smallest absolute Gasteiger partial charge is 0.198 e. The molecule has 0 aliphatic heterocycles. The molecular weight excluding hydrogens is 294 g/mol. The van der Waals surface area contributed by atoms with Crippen LogP contribution in [0.2, 0.25) is 0 Å². The van der Waals surface area contributed by atoms with E-state index in [0.29, 0.717) is 17.2 Å². The van der Waals surface area contributed by atoms with Crippen molar-refractivity contribution in [2.45, 2.75) is 0 Å². The molecule has 3 aromatic rings. The first-order valence-electron chi connectivity index (χ1n) is 6.43. The highest BCUT2D eigenvalue weighted by Crippen LogP contribution is 2.33.